The van der Waals surface area contributed by atoms with Crippen LogP contribution in [-0.2, 0) is 16.6 Å². The molecule has 0 unspecified atom stereocenters. The summed E-state index contributed by atoms with van der Waals surface area (Å²) in [4.78, 5) is 21.2. The van der Waals surface area contributed by atoms with Gasteiger partial charge in [0.15, 0.2) is 0 Å². The number of hydrogen-bond acceptors (Lipinski definition) is 3. The lowest BCUT2D eigenvalue weighted by Crippen LogP contribution is -2.14. The molecule has 0 fully saturated rings. The molecule has 0 atom stereocenters. The highest BCUT2D eigenvalue weighted by molar-refractivity contribution is 5.72. The highest BCUT2D eigenvalue weighted by Gasteiger charge is 2.21. The number of aliphatic carboxylic acids is 2. The van der Waals surface area contributed by atoms with Crippen molar-refractivity contribution in [1.29, 1.82) is 0 Å². The number of hydrogen-bond donors (Lipinski definition) is 2. The Morgan fingerprint density at radius 1 is 1.40 bits per heavy atom. The van der Waals surface area contributed by atoms with E-state index in [1.165, 1.54) is 10.9 Å². The van der Waals surface area contributed by atoms with E-state index in [0.29, 0.717) is 5.69 Å². The van der Waals surface area contributed by atoms with Crippen LogP contribution in [0.15, 0.2) is 12.3 Å². The molecule has 0 aliphatic heterocycles. The lowest BCUT2D eigenvalue weighted by atomic mass is 9.97. The highest BCUT2D eigenvalue weighted by atomic mass is 16.4. The topological polar surface area (TPSA) is 92.4 Å². The lowest BCUT2D eigenvalue weighted by Gasteiger charge is -2.12. The van der Waals surface area contributed by atoms with Gasteiger partial charge in [0.1, 0.15) is 0 Å². The van der Waals surface area contributed by atoms with Crippen LogP contribution in [0.2, 0.25) is 0 Å². The molecular weight excluding hydrogens is 200 g/mol. The zero-order valence-corrected chi connectivity index (χ0v) is 8.25. The molecule has 0 amide bonds. The molecule has 0 aliphatic carbocycles. The SMILES string of the molecule is Cn1nccc1C(CC(=O)O)CC(=O)O. The molecule has 0 saturated carbocycles. The monoisotopic (exact) mass is 212 g/mol. The van der Waals surface area contributed by atoms with E-state index in [1.807, 2.05) is 0 Å². The van der Waals surface area contributed by atoms with Gasteiger partial charge in [0, 0.05) is 24.9 Å². The molecule has 0 bridgehead atoms. The first-order chi connectivity index (χ1) is 7.00. The minimum absolute atomic E-state index is 0.203. The molecule has 82 valence electrons. The number of rotatable bonds is 5. The molecule has 6 heteroatoms. The predicted octanol–water partition coefficient (Wildman–Crippen LogP) is 0.453. The van der Waals surface area contributed by atoms with Gasteiger partial charge < -0.3 is 10.2 Å². The van der Waals surface area contributed by atoms with E-state index in [0.717, 1.165) is 0 Å². The van der Waals surface area contributed by atoms with E-state index < -0.39 is 17.9 Å². The average Bonchev–Trinajstić information content (AvgIpc) is 2.48. The molecule has 2 N–H and O–H groups in total. The smallest absolute Gasteiger partial charge is 0.304 e. The molecule has 0 radical (unpaired) electrons. The van der Waals surface area contributed by atoms with E-state index in [1.54, 1.807) is 13.1 Å². The summed E-state index contributed by atoms with van der Waals surface area (Å²) >= 11 is 0. The molecule has 1 aromatic heterocycles. The van der Waals surface area contributed by atoms with Crippen molar-refractivity contribution in [3.8, 4) is 0 Å². The molecule has 1 rings (SSSR count). The van der Waals surface area contributed by atoms with Crippen molar-refractivity contribution in [1.82, 2.24) is 9.78 Å². The summed E-state index contributed by atoms with van der Waals surface area (Å²) in [6.07, 6.45) is 1.11. The van der Waals surface area contributed by atoms with E-state index in [4.69, 9.17) is 10.2 Å². The Balaban J connectivity index is 2.85. The molecule has 1 heterocycles. The van der Waals surface area contributed by atoms with Crippen molar-refractivity contribution in [2.75, 3.05) is 0 Å². The third-order valence-electron chi connectivity index (χ3n) is 2.12. The van der Waals surface area contributed by atoms with Gasteiger partial charge >= 0.3 is 11.9 Å². The largest absolute Gasteiger partial charge is 0.481 e. The number of aryl methyl sites for hydroxylation is 1. The maximum atomic E-state index is 10.6. The highest BCUT2D eigenvalue weighted by Crippen LogP contribution is 2.22. The number of carboxylic acid groups (broad SMARTS) is 2. The van der Waals surface area contributed by atoms with E-state index in [9.17, 15) is 9.59 Å². The second kappa shape index (κ2) is 4.59. The zero-order chi connectivity index (χ0) is 11.4. The molecule has 15 heavy (non-hydrogen) atoms. The zero-order valence-electron chi connectivity index (χ0n) is 8.25. The van der Waals surface area contributed by atoms with Crippen LogP contribution in [0.4, 0.5) is 0 Å². The Labute approximate surface area is 86.1 Å². The molecule has 6 nitrogen and oxygen atoms in total. The van der Waals surface area contributed by atoms with Crippen LogP contribution in [0.25, 0.3) is 0 Å². The van der Waals surface area contributed by atoms with Crippen LogP contribution in [0.3, 0.4) is 0 Å². The number of nitrogens with zero attached hydrogens (tertiary/aromatic N) is 2. The summed E-state index contributed by atoms with van der Waals surface area (Å²) in [7, 11) is 1.66. The fourth-order valence-electron chi connectivity index (χ4n) is 1.49. The number of carboxylic acids is 2. The molecule has 0 aromatic carbocycles. The third-order valence-corrected chi connectivity index (χ3v) is 2.12. The predicted molar refractivity (Wildman–Crippen MR) is 50.5 cm³/mol. The van der Waals surface area contributed by atoms with Gasteiger partial charge in [-0.1, -0.05) is 0 Å². The molecule has 0 saturated heterocycles. The normalized spacial score (nSPS) is 10.5. The second-order valence-corrected chi connectivity index (χ2v) is 3.27. The summed E-state index contributed by atoms with van der Waals surface area (Å²) < 4.78 is 1.50. The quantitative estimate of drug-likeness (QED) is 0.739. The summed E-state index contributed by atoms with van der Waals surface area (Å²) in [6.45, 7) is 0. The van der Waals surface area contributed by atoms with E-state index in [2.05, 4.69) is 5.10 Å². The van der Waals surface area contributed by atoms with Gasteiger partial charge in [-0.3, -0.25) is 14.3 Å². The number of carbonyl (C=O) groups is 2. The Morgan fingerprint density at radius 3 is 2.27 bits per heavy atom. The van der Waals surface area contributed by atoms with Crippen molar-refractivity contribution in [3.63, 3.8) is 0 Å². The fraction of sp³-hybridized carbons (Fsp3) is 0.444. The van der Waals surface area contributed by atoms with Crippen LogP contribution in [0, 0.1) is 0 Å². The first-order valence-corrected chi connectivity index (χ1v) is 4.42. The van der Waals surface area contributed by atoms with Gasteiger partial charge in [-0.25, -0.2) is 0 Å². The lowest BCUT2D eigenvalue weighted by molar-refractivity contribution is -0.139. The van der Waals surface area contributed by atoms with Gasteiger partial charge in [0.2, 0.25) is 0 Å². The summed E-state index contributed by atoms with van der Waals surface area (Å²) in [5, 5.41) is 21.2. The van der Waals surface area contributed by atoms with Crippen LogP contribution in [-0.4, -0.2) is 31.9 Å². The van der Waals surface area contributed by atoms with Gasteiger partial charge in [-0.2, -0.15) is 5.10 Å². The van der Waals surface area contributed by atoms with Crippen LogP contribution >= 0.6 is 0 Å². The minimum Gasteiger partial charge on any atom is -0.481 e. The van der Waals surface area contributed by atoms with Gasteiger partial charge in [0.05, 0.1) is 12.8 Å². The summed E-state index contributed by atoms with van der Waals surface area (Å²) in [6, 6.07) is 1.64. The van der Waals surface area contributed by atoms with Gasteiger partial charge in [-0.15, -0.1) is 0 Å². The van der Waals surface area contributed by atoms with E-state index in [-0.39, 0.29) is 12.8 Å². The van der Waals surface area contributed by atoms with Gasteiger partial charge in [0.25, 0.3) is 0 Å². The summed E-state index contributed by atoms with van der Waals surface area (Å²) in [5.74, 6) is -2.56. The molecular formula is C9H12N2O4. The van der Waals surface area contributed by atoms with Crippen molar-refractivity contribution in [2.24, 2.45) is 7.05 Å². The molecule has 1 aromatic rings. The minimum atomic E-state index is -1.01. The molecule has 0 spiro atoms. The van der Waals surface area contributed by atoms with Crippen molar-refractivity contribution in [3.05, 3.63) is 18.0 Å². The van der Waals surface area contributed by atoms with Gasteiger partial charge in [-0.05, 0) is 6.07 Å². The Bertz CT molecular complexity index is 356. The Morgan fingerprint density at radius 2 is 1.93 bits per heavy atom. The summed E-state index contributed by atoms with van der Waals surface area (Å²) in [5.41, 5.74) is 0.625. The van der Waals surface area contributed by atoms with Crippen LogP contribution in [0.5, 0.6) is 0 Å². The van der Waals surface area contributed by atoms with Crippen LogP contribution < -0.4 is 0 Å². The number of aromatic nitrogens is 2. The Hall–Kier alpha value is -1.85. The van der Waals surface area contributed by atoms with E-state index >= 15 is 0 Å². The molecule has 0 aliphatic rings. The third kappa shape index (κ3) is 3.08. The van der Waals surface area contributed by atoms with Crippen molar-refractivity contribution in [2.45, 2.75) is 18.8 Å². The average molecular weight is 212 g/mol. The van der Waals surface area contributed by atoms with Crippen LogP contribution in [0.1, 0.15) is 24.5 Å². The second-order valence-electron chi connectivity index (χ2n) is 3.27. The maximum absolute atomic E-state index is 10.6. The Kier molecular flexibility index (Phi) is 3.43. The fourth-order valence-corrected chi connectivity index (χ4v) is 1.49. The first kappa shape index (κ1) is 11.2. The standard InChI is InChI=1S/C9H12N2O4/c1-11-7(2-3-10-11)6(4-8(12)13)5-9(14)15/h2-3,6H,4-5H2,1H3,(H,12,13)(H,14,15). The first-order valence-electron chi connectivity index (χ1n) is 4.42. The van der Waals surface area contributed by atoms with Crippen molar-refractivity contribution >= 4 is 11.9 Å². The van der Waals surface area contributed by atoms with Crippen molar-refractivity contribution < 1.29 is 19.8 Å². The maximum Gasteiger partial charge on any atom is 0.304 e.